The zero-order valence-electron chi connectivity index (χ0n) is 41.7. The van der Waals surface area contributed by atoms with Crippen LogP contribution in [-0.4, -0.2) is 158 Å². The third-order valence-corrected chi connectivity index (χ3v) is 15.7. The van der Waals surface area contributed by atoms with Gasteiger partial charge in [-0.15, -0.1) is 11.3 Å². The summed E-state index contributed by atoms with van der Waals surface area (Å²) in [4.78, 5) is 84.6. The van der Waals surface area contributed by atoms with Crippen LogP contribution in [0.5, 0.6) is 0 Å². The van der Waals surface area contributed by atoms with Crippen LogP contribution in [0.4, 0.5) is 4.79 Å². The summed E-state index contributed by atoms with van der Waals surface area (Å²) in [5, 5.41) is 9.93. The van der Waals surface area contributed by atoms with Crippen molar-refractivity contribution < 1.29 is 33.4 Å². The van der Waals surface area contributed by atoms with Crippen molar-refractivity contribution >= 4 is 62.2 Å². The average Bonchev–Trinajstić information content (AvgIpc) is 3.93. The largest absolute Gasteiger partial charge is 0.464 e. The fourth-order valence-corrected chi connectivity index (χ4v) is 11.5. The Morgan fingerprint density at radius 3 is 2.58 bits per heavy atom. The van der Waals surface area contributed by atoms with Gasteiger partial charge in [-0.05, 0) is 74.9 Å². The second kappa shape index (κ2) is 21.7. The predicted octanol–water partition coefficient (Wildman–Crippen LogP) is 3.89. The van der Waals surface area contributed by atoms with Crippen molar-refractivity contribution in [2.75, 3.05) is 66.6 Å². The number of aromatic nitrogens is 3. The Balaban J connectivity index is 1.22. The van der Waals surface area contributed by atoms with E-state index >= 15 is 0 Å². The Bertz CT molecular complexity index is 2550. The van der Waals surface area contributed by atoms with Crippen molar-refractivity contribution in [2.24, 2.45) is 11.3 Å². The van der Waals surface area contributed by atoms with Gasteiger partial charge in [-0.2, -0.15) is 0 Å². The van der Waals surface area contributed by atoms with E-state index in [1.54, 1.807) is 25.3 Å². The van der Waals surface area contributed by atoms with E-state index in [9.17, 15) is 24.0 Å². The number of fused-ring (bicyclic) bond motifs is 6. The molecular formula is C50H70N10O7SSi. The van der Waals surface area contributed by atoms with Crippen molar-refractivity contribution in [1.82, 2.24) is 50.3 Å². The minimum Gasteiger partial charge on any atom is -0.464 e. The number of hydrogen-bond donors (Lipinski definition) is 3. The van der Waals surface area contributed by atoms with Crippen molar-refractivity contribution in [3.8, 4) is 22.5 Å². The summed E-state index contributed by atoms with van der Waals surface area (Å²) in [5.41, 5.74) is 9.45. The van der Waals surface area contributed by atoms with Gasteiger partial charge in [0.1, 0.15) is 17.2 Å². The number of thiazole rings is 1. The zero-order chi connectivity index (χ0) is 49.8. The number of amides is 5. The Hall–Kier alpha value is -5.47. The van der Waals surface area contributed by atoms with Crippen LogP contribution in [0.3, 0.4) is 0 Å². The predicted molar refractivity (Wildman–Crippen MR) is 271 cm³/mol. The van der Waals surface area contributed by atoms with E-state index in [1.807, 2.05) is 32.2 Å². The van der Waals surface area contributed by atoms with Crippen LogP contribution in [0.15, 0.2) is 54.6 Å². The third-order valence-electron chi connectivity index (χ3n) is 13.7. The molecule has 3 aromatic heterocycles. The summed E-state index contributed by atoms with van der Waals surface area (Å²) >= 11 is 1.42. The maximum atomic E-state index is 14.8. The second-order valence-corrected chi connectivity index (χ2v) is 22.5. The summed E-state index contributed by atoms with van der Waals surface area (Å²) in [7, 11) is 3.67. The van der Waals surface area contributed by atoms with Gasteiger partial charge in [-0.1, -0.05) is 40.3 Å². The Labute approximate surface area is 412 Å². The van der Waals surface area contributed by atoms with Crippen LogP contribution in [0.1, 0.15) is 76.8 Å². The van der Waals surface area contributed by atoms with Crippen LogP contribution in [0.25, 0.3) is 33.4 Å². The van der Waals surface area contributed by atoms with Crippen LogP contribution >= 0.6 is 11.3 Å². The molecule has 3 aliphatic heterocycles. The van der Waals surface area contributed by atoms with Gasteiger partial charge in [0, 0.05) is 122 Å². The first-order valence-corrected chi connectivity index (χ1v) is 26.1. The lowest BCUT2D eigenvalue weighted by Crippen LogP contribution is -2.67. The molecule has 19 heteroatoms. The van der Waals surface area contributed by atoms with Crippen LogP contribution in [-0.2, 0) is 48.0 Å². The molecule has 2 saturated heterocycles. The maximum Gasteiger partial charge on any atom is 0.323 e. The molecule has 1 aromatic carbocycles. The number of nitrogens with zero attached hydrogens (tertiary/aromatic N) is 7. The van der Waals surface area contributed by atoms with Crippen LogP contribution in [0, 0.1) is 11.3 Å². The fourth-order valence-electron chi connectivity index (χ4n) is 9.91. The highest BCUT2D eigenvalue weighted by Gasteiger charge is 2.44. The lowest BCUT2D eigenvalue weighted by atomic mass is 9.84. The maximum absolute atomic E-state index is 14.8. The lowest BCUT2D eigenvalue weighted by molar-refractivity contribution is -0.158. The molecule has 372 valence electrons. The number of rotatable bonds is 12. The lowest BCUT2D eigenvalue weighted by Gasteiger charge is -2.42. The number of carbonyl (C=O) groups is 5. The Kier molecular flexibility index (Phi) is 16.1. The molecule has 0 saturated carbocycles. The minimum atomic E-state index is -1.09. The number of ether oxygens (including phenoxy) is 2. The van der Waals surface area contributed by atoms with Crippen molar-refractivity contribution in [3.63, 3.8) is 0 Å². The molecule has 17 nitrogen and oxygen atoms in total. The molecule has 0 radical (unpaired) electrons. The number of likely N-dealkylation sites (N-methyl/N-ethyl adjacent to an activating group) is 1. The van der Waals surface area contributed by atoms with E-state index in [2.05, 4.69) is 77.1 Å². The first-order chi connectivity index (χ1) is 32.9. The fraction of sp³-hybridized carbons (Fsp3) is 0.540. The Morgan fingerprint density at radius 1 is 1.13 bits per heavy atom. The summed E-state index contributed by atoms with van der Waals surface area (Å²) in [6.45, 7) is 20.0. The van der Waals surface area contributed by atoms with Crippen LogP contribution in [0.2, 0.25) is 0 Å². The molecule has 2 fully saturated rings. The van der Waals surface area contributed by atoms with Gasteiger partial charge in [-0.3, -0.25) is 34.1 Å². The van der Waals surface area contributed by atoms with Gasteiger partial charge in [0.15, 0.2) is 0 Å². The highest BCUT2D eigenvalue weighted by molar-refractivity contribution is 7.10. The number of carbonyl (C=O) groups excluding carboxylic acids is 5. The van der Waals surface area contributed by atoms with E-state index < -0.39 is 40.4 Å². The number of pyridine rings is 1. The van der Waals surface area contributed by atoms with Gasteiger partial charge in [0.2, 0.25) is 11.8 Å². The summed E-state index contributed by atoms with van der Waals surface area (Å²) in [6, 6.07) is 8.19. The first-order valence-electron chi connectivity index (χ1n) is 24.2. The normalized spacial score (nSPS) is 21.1. The van der Waals surface area contributed by atoms with Gasteiger partial charge in [0.25, 0.3) is 5.91 Å². The number of cyclic esters (lactones) is 1. The highest BCUT2D eigenvalue weighted by atomic mass is 32.1. The summed E-state index contributed by atoms with van der Waals surface area (Å²) in [6.07, 6.45) is 4.50. The molecular weight excluding hydrogens is 913 g/mol. The van der Waals surface area contributed by atoms with Crippen molar-refractivity contribution in [1.29, 1.82) is 0 Å². The van der Waals surface area contributed by atoms with E-state index in [0.29, 0.717) is 86.9 Å². The van der Waals surface area contributed by atoms with E-state index in [1.165, 1.54) is 27.3 Å². The number of benzene rings is 1. The molecule has 6 heterocycles. The third kappa shape index (κ3) is 11.3. The molecule has 4 aromatic rings. The molecule has 0 spiro atoms. The number of aryl methyl sites for hydroxylation is 1. The quantitative estimate of drug-likeness (QED) is 0.106. The molecule has 0 aliphatic carbocycles. The van der Waals surface area contributed by atoms with Gasteiger partial charge < -0.3 is 34.5 Å². The van der Waals surface area contributed by atoms with Crippen LogP contribution < -0.4 is 16.1 Å². The van der Waals surface area contributed by atoms with E-state index in [0.717, 1.165) is 44.7 Å². The number of piperazine rings is 1. The van der Waals surface area contributed by atoms with E-state index in [4.69, 9.17) is 19.4 Å². The number of hydrazine groups is 1. The summed E-state index contributed by atoms with van der Waals surface area (Å²) in [5.74, 6) is -1.80. The number of nitrogens with one attached hydrogen (secondary N) is 3. The summed E-state index contributed by atoms with van der Waals surface area (Å²) < 4.78 is 14.4. The average molecular weight is 983 g/mol. The first kappa shape index (κ1) is 51.4. The number of urea groups is 1. The van der Waals surface area contributed by atoms with Gasteiger partial charge in [0.05, 0.1) is 34.8 Å². The van der Waals surface area contributed by atoms with E-state index in [-0.39, 0.29) is 37.0 Å². The highest BCUT2D eigenvalue weighted by Crippen LogP contribution is 2.42. The second-order valence-electron chi connectivity index (χ2n) is 19.9. The molecule has 3 aliphatic rings. The monoisotopic (exact) mass is 982 g/mol. The zero-order valence-corrected chi connectivity index (χ0v) is 44.5. The topological polar surface area (TPSA) is 184 Å². The number of hydrogen-bond acceptors (Lipinski definition) is 12. The molecule has 4 atom stereocenters. The van der Waals surface area contributed by atoms with Gasteiger partial charge in [-0.25, -0.2) is 15.2 Å². The molecule has 5 amide bonds. The molecule has 6 bridgehead atoms. The number of methoxy groups -OCH3 is 1. The van der Waals surface area contributed by atoms with Crippen molar-refractivity contribution in [2.45, 2.75) is 97.1 Å². The smallest absolute Gasteiger partial charge is 0.323 e. The molecule has 3 N–H and O–H groups in total. The van der Waals surface area contributed by atoms with Crippen molar-refractivity contribution in [3.05, 3.63) is 70.8 Å². The molecule has 0 unspecified atom stereocenters. The molecule has 69 heavy (non-hydrogen) atoms. The molecule has 7 rings (SSSR count). The standard InChI is InChI=1S/C50H70N10O7SSi/c1-10-40(61)51-19-21-57-22-24-58(25-23-57)48(65)56(8)43(31(3)4)45(62)54-37-27-41-53-38(29-68-41)33-15-16-39-35(26-33)36(44(59(39)11-2)34-14-12-18-52-42(34)32(5)66-9)28-49(6,7)30-67-47(64)50(69)17-13-20-60(55-50)46(37)63/h10,12,14-16,18,26,29,31-32,37,43,55H,1,11,13,17,19-25,27-28,30H2,2-9,69H3,(H,51,61)(H,54,62)/t32-,37-,43-,50-/m0/s1. The Morgan fingerprint density at radius 2 is 1.88 bits per heavy atom. The van der Waals surface area contributed by atoms with Gasteiger partial charge >= 0.3 is 12.0 Å². The number of esters is 1. The SMILES string of the molecule is C=CC(=O)NCCN1CCN(C(=O)N(C)[C@H](C(=O)N[C@H]2Cc3nc(cs3)-c3ccc4c(c3)c(c(-c3cccnc3[C@H](C)OC)n4CC)CC(C)(C)COC(=O)[C@@]3([SiH3])CCCN(N3)C2=O)C(C)C)CC1. The minimum absolute atomic E-state index is 0.0865.